The summed E-state index contributed by atoms with van der Waals surface area (Å²) in [6, 6.07) is 8.42. The first-order valence-corrected chi connectivity index (χ1v) is 8.84. The average molecular weight is 443 g/mol. The Bertz CT molecular complexity index is 1080. The van der Waals surface area contributed by atoms with E-state index in [0.29, 0.717) is 21.9 Å². The van der Waals surface area contributed by atoms with Gasteiger partial charge < -0.3 is 10.1 Å². The Hall–Kier alpha value is -2.61. The van der Waals surface area contributed by atoms with Gasteiger partial charge in [-0.25, -0.2) is 9.37 Å². The lowest BCUT2D eigenvalue weighted by Gasteiger charge is -2.15. The van der Waals surface area contributed by atoms with Gasteiger partial charge in [0.15, 0.2) is 11.5 Å². The number of anilines is 2. The number of nitrogens with one attached hydrogen (secondary N) is 1. The molecule has 0 fully saturated rings. The quantitative estimate of drug-likeness (QED) is 0.277. The predicted octanol–water partition coefficient (Wildman–Crippen LogP) is 6.51. The molecule has 1 N–H and O–H groups in total. The molecular formula is C18H11Cl3FN3O3. The van der Waals surface area contributed by atoms with Gasteiger partial charge in [-0.3, -0.25) is 10.1 Å². The van der Waals surface area contributed by atoms with Crippen LogP contribution in [0.4, 0.5) is 21.5 Å². The Morgan fingerprint density at radius 2 is 1.93 bits per heavy atom. The summed E-state index contributed by atoms with van der Waals surface area (Å²) in [5.41, 5.74) is 0.226. The molecule has 6 nitrogen and oxygen atoms in total. The molecule has 0 aliphatic heterocycles. The second-order valence-corrected chi connectivity index (χ2v) is 6.74. The molecule has 0 spiro atoms. The van der Waals surface area contributed by atoms with Crippen LogP contribution in [0.2, 0.25) is 15.2 Å². The summed E-state index contributed by atoms with van der Waals surface area (Å²) in [5.74, 6) is -0.360. The maximum absolute atomic E-state index is 14.4. The van der Waals surface area contributed by atoms with Gasteiger partial charge in [0.25, 0.3) is 5.69 Å². The van der Waals surface area contributed by atoms with Gasteiger partial charge in [-0.1, -0.05) is 34.8 Å². The number of methoxy groups -OCH3 is 1. The lowest BCUT2D eigenvalue weighted by Crippen LogP contribution is -2.02. The molecule has 28 heavy (non-hydrogen) atoms. The van der Waals surface area contributed by atoms with E-state index in [1.165, 1.54) is 19.4 Å². The van der Waals surface area contributed by atoms with E-state index < -0.39 is 16.4 Å². The van der Waals surface area contributed by atoms with Gasteiger partial charge in [0.2, 0.25) is 0 Å². The molecule has 0 radical (unpaired) electrons. The molecule has 3 rings (SSSR count). The van der Waals surface area contributed by atoms with Gasteiger partial charge in [-0.05, 0) is 30.3 Å². The number of nitro benzene ring substituents is 1. The van der Waals surface area contributed by atoms with E-state index in [1.54, 1.807) is 18.2 Å². The van der Waals surface area contributed by atoms with Crippen LogP contribution in [0, 0.1) is 15.9 Å². The molecule has 0 saturated heterocycles. The van der Waals surface area contributed by atoms with Crippen LogP contribution in [0.25, 0.3) is 11.1 Å². The number of hydrogen-bond donors (Lipinski definition) is 1. The first kappa shape index (κ1) is 20.1. The number of rotatable bonds is 5. The van der Waals surface area contributed by atoms with Gasteiger partial charge in [0, 0.05) is 23.4 Å². The minimum absolute atomic E-state index is 0.0779. The third-order valence-electron chi connectivity index (χ3n) is 3.84. The minimum Gasteiger partial charge on any atom is -0.497 e. The van der Waals surface area contributed by atoms with Crippen molar-refractivity contribution in [3.05, 3.63) is 73.7 Å². The van der Waals surface area contributed by atoms with Crippen LogP contribution in [0.1, 0.15) is 0 Å². The fourth-order valence-corrected chi connectivity index (χ4v) is 3.31. The number of benzene rings is 2. The third kappa shape index (κ3) is 3.96. The van der Waals surface area contributed by atoms with E-state index in [1.807, 2.05) is 0 Å². The van der Waals surface area contributed by atoms with Crippen molar-refractivity contribution in [2.45, 2.75) is 0 Å². The Kier molecular flexibility index (Phi) is 5.88. The molecule has 0 amide bonds. The van der Waals surface area contributed by atoms with Crippen LogP contribution >= 0.6 is 34.8 Å². The highest BCUT2D eigenvalue weighted by molar-refractivity contribution is 6.36. The molecule has 0 aliphatic rings. The van der Waals surface area contributed by atoms with Crippen molar-refractivity contribution in [3.63, 3.8) is 0 Å². The molecule has 1 heterocycles. The highest BCUT2D eigenvalue weighted by Crippen LogP contribution is 2.42. The molecule has 2 aromatic carbocycles. The summed E-state index contributed by atoms with van der Waals surface area (Å²) in [4.78, 5) is 14.6. The summed E-state index contributed by atoms with van der Waals surface area (Å²) in [6.45, 7) is 0. The highest BCUT2D eigenvalue weighted by atomic mass is 35.5. The number of nitrogens with zero attached hydrogens (tertiary/aromatic N) is 2. The van der Waals surface area contributed by atoms with Gasteiger partial charge >= 0.3 is 0 Å². The molecule has 0 saturated carbocycles. The van der Waals surface area contributed by atoms with E-state index in [0.717, 1.165) is 12.1 Å². The van der Waals surface area contributed by atoms with E-state index in [-0.39, 0.29) is 21.6 Å². The van der Waals surface area contributed by atoms with E-state index in [4.69, 9.17) is 39.5 Å². The topological polar surface area (TPSA) is 77.3 Å². The monoisotopic (exact) mass is 441 g/mol. The number of ether oxygens (including phenoxy) is 1. The summed E-state index contributed by atoms with van der Waals surface area (Å²) in [7, 11) is 1.50. The van der Waals surface area contributed by atoms with Gasteiger partial charge in [0.05, 0.1) is 27.8 Å². The summed E-state index contributed by atoms with van der Waals surface area (Å²) >= 11 is 18.3. The molecule has 3 aromatic rings. The number of hydrogen-bond acceptors (Lipinski definition) is 5. The lowest BCUT2D eigenvalue weighted by atomic mass is 10.0. The van der Waals surface area contributed by atoms with Crippen molar-refractivity contribution < 1.29 is 14.1 Å². The van der Waals surface area contributed by atoms with Crippen LogP contribution in [0.15, 0.2) is 42.6 Å². The first-order chi connectivity index (χ1) is 13.3. The first-order valence-electron chi connectivity index (χ1n) is 7.70. The zero-order valence-electron chi connectivity index (χ0n) is 14.2. The fourth-order valence-electron chi connectivity index (χ4n) is 2.58. The fraction of sp³-hybridized carbons (Fsp3) is 0.0556. The van der Waals surface area contributed by atoms with Crippen LogP contribution in [0.3, 0.4) is 0 Å². The molecule has 144 valence electrons. The SMILES string of the molecule is COc1ccc(-c2c(Nc3c(F)cc(Cl)cc3[N+](=O)[O-])ccnc2Cl)c(Cl)c1. The second kappa shape index (κ2) is 8.18. The number of halogens is 4. The highest BCUT2D eigenvalue weighted by Gasteiger charge is 2.22. The molecule has 1 aromatic heterocycles. The molecular weight excluding hydrogens is 432 g/mol. The lowest BCUT2D eigenvalue weighted by molar-refractivity contribution is -0.384. The smallest absolute Gasteiger partial charge is 0.297 e. The molecule has 0 unspecified atom stereocenters. The van der Waals surface area contributed by atoms with Gasteiger partial charge in [0.1, 0.15) is 10.9 Å². The standard InChI is InChI=1S/C18H11Cl3FN3O3/c1-28-10-2-3-11(12(20)8-10)16-14(4-5-23-18(16)21)24-17-13(22)6-9(19)7-15(17)25(26)27/h2-8H,1H3,(H,23,24). The molecule has 10 heteroatoms. The van der Waals surface area contributed by atoms with Crippen LogP contribution in [-0.2, 0) is 0 Å². The maximum atomic E-state index is 14.4. The van der Waals surface area contributed by atoms with Crippen molar-refractivity contribution in [2.75, 3.05) is 12.4 Å². The van der Waals surface area contributed by atoms with Crippen LogP contribution < -0.4 is 10.1 Å². The third-order valence-corrected chi connectivity index (χ3v) is 4.66. The van der Waals surface area contributed by atoms with Crippen LogP contribution in [-0.4, -0.2) is 17.0 Å². The Balaban J connectivity index is 2.17. The molecule has 0 bridgehead atoms. The average Bonchev–Trinajstić information content (AvgIpc) is 2.64. The molecule has 0 aliphatic carbocycles. The summed E-state index contributed by atoms with van der Waals surface area (Å²) in [6.07, 6.45) is 1.38. The maximum Gasteiger partial charge on any atom is 0.297 e. The van der Waals surface area contributed by atoms with Crippen molar-refractivity contribution in [1.82, 2.24) is 4.98 Å². The van der Waals surface area contributed by atoms with Crippen molar-refractivity contribution in [2.24, 2.45) is 0 Å². The minimum atomic E-state index is -0.890. The van der Waals surface area contributed by atoms with E-state index in [2.05, 4.69) is 10.3 Å². The van der Waals surface area contributed by atoms with Crippen molar-refractivity contribution >= 4 is 51.9 Å². The normalized spacial score (nSPS) is 10.6. The Morgan fingerprint density at radius 1 is 1.18 bits per heavy atom. The summed E-state index contributed by atoms with van der Waals surface area (Å²) < 4.78 is 19.6. The predicted molar refractivity (Wildman–Crippen MR) is 108 cm³/mol. The Labute approximate surface area is 174 Å². The summed E-state index contributed by atoms with van der Waals surface area (Å²) in [5, 5.41) is 14.3. The number of nitro groups is 1. The molecule has 0 atom stereocenters. The number of pyridine rings is 1. The van der Waals surface area contributed by atoms with Gasteiger partial charge in [-0.2, -0.15) is 0 Å². The van der Waals surface area contributed by atoms with Crippen LogP contribution in [0.5, 0.6) is 5.75 Å². The van der Waals surface area contributed by atoms with E-state index >= 15 is 0 Å². The van der Waals surface area contributed by atoms with E-state index in [9.17, 15) is 14.5 Å². The number of aromatic nitrogens is 1. The van der Waals surface area contributed by atoms with Crippen molar-refractivity contribution in [1.29, 1.82) is 0 Å². The second-order valence-electron chi connectivity index (χ2n) is 5.53. The zero-order valence-corrected chi connectivity index (χ0v) is 16.4. The van der Waals surface area contributed by atoms with Crippen molar-refractivity contribution in [3.8, 4) is 16.9 Å². The zero-order chi connectivity index (χ0) is 20.4. The van der Waals surface area contributed by atoms with Gasteiger partial charge in [-0.15, -0.1) is 0 Å². The Morgan fingerprint density at radius 3 is 2.57 bits per heavy atom. The largest absolute Gasteiger partial charge is 0.497 e.